The van der Waals surface area contributed by atoms with E-state index in [9.17, 15) is 13.2 Å². The fourth-order valence-corrected chi connectivity index (χ4v) is 8.76. The molecule has 10 nitrogen and oxygen atoms in total. The third kappa shape index (κ3) is 6.89. The van der Waals surface area contributed by atoms with Crippen LogP contribution >= 0.6 is 0 Å². The Morgan fingerprint density at radius 1 is 1.06 bits per heavy atom. The van der Waals surface area contributed by atoms with E-state index in [2.05, 4.69) is 40.5 Å². The Hall–Kier alpha value is -3.54. The van der Waals surface area contributed by atoms with Crippen LogP contribution in [0.3, 0.4) is 0 Å². The molecule has 1 aliphatic heterocycles. The lowest BCUT2D eigenvalue weighted by atomic mass is 9.51. The summed E-state index contributed by atoms with van der Waals surface area (Å²) in [7, 11) is -0.223. The smallest absolute Gasteiger partial charge is 0.264 e. The molecule has 0 saturated heterocycles. The second kappa shape index (κ2) is 13.2. The molecule has 1 N–H and O–H groups in total. The maximum atomic E-state index is 14.5. The third-order valence-electron chi connectivity index (χ3n) is 10.2. The summed E-state index contributed by atoms with van der Waals surface area (Å²) in [6, 6.07) is 14.4. The number of aromatic nitrogens is 2. The van der Waals surface area contributed by atoms with Crippen LogP contribution in [0.4, 0.5) is 5.95 Å². The first-order chi connectivity index (χ1) is 22.4. The highest BCUT2D eigenvalue weighted by Crippen LogP contribution is 2.59. The Morgan fingerprint density at radius 3 is 2.45 bits per heavy atom. The van der Waals surface area contributed by atoms with Gasteiger partial charge in [0.1, 0.15) is 6.61 Å². The van der Waals surface area contributed by atoms with Crippen LogP contribution in [0.5, 0.6) is 5.88 Å². The number of aryl methyl sites for hydroxylation is 2. The van der Waals surface area contributed by atoms with Crippen molar-refractivity contribution in [2.24, 2.45) is 11.3 Å². The number of carbonyl (C=O) groups excluding carboxylic acids is 1. The van der Waals surface area contributed by atoms with Gasteiger partial charge in [0.2, 0.25) is 11.8 Å². The van der Waals surface area contributed by atoms with E-state index in [0.717, 1.165) is 55.3 Å². The van der Waals surface area contributed by atoms with Crippen molar-refractivity contribution in [2.75, 3.05) is 38.6 Å². The van der Waals surface area contributed by atoms with Crippen LogP contribution in [0.25, 0.3) is 11.3 Å². The molecule has 0 radical (unpaired) electrons. The van der Waals surface area contributed by atoms with Crippen LogP contribution in [0.15, 0.2) is 53.4 Å². The van der Waals surface area contributed by atoms with Gasteiger partial charge in [-0.1, -0.05) is 38.1 Å². The van der Waals surface area contributed by atoms with Gasteiger partial charge in [0.25, 0.3) is 15.9 Å². The van der Waals surface area contributed by atoms with Crippen molar-refractivity contribution in [1.29, 1.82) is 0 Å². The number of benzene rings is 2. The summed E-state index contributed by atoms with van der Waals surface area (Å²) in [5.41, 5.74) is 4.05. The van der Waals surface area contributed by atoms with Crippen LogP contribution in [-0.2, 0) is 14.8 Å². The van der Waals surface area contributed by atoms with Gasteiger partial charge in [-0.2, -0.15) is 4.98 Å². The van der Waals surface area contributed by atoms with E-state index in [1.807, 2.05) is 36.9 Å². The highest BCUT2D eigenvalue weighted by atomic mass is 32.2. The normalized spacial score (nSPS) is 25.2. The molecule has 3 aromatic rings. The topological polar surface area (TPSA) is 114 Å². The van der Waals surface area contributed by atoms with Crippen molar-refractivity contribution in [3.8, 4) is 17.1 Å². The summed E-state index contributed by atoms with van der Waals surface area (Å²) in [6.07, 6.45) is 4.81. The monoisotopic (exact) mass is 661 g/mol. The van der Waals surface area contributed by atoms with Gasteiger partial charge in [-0.3, -0.25) is 4.79 Å². The number of sulfonamides is 1. The van der Waals surface area contributed by atoms with Gasteiger partial charge < -0.3 is 19.3 Å². The van der Waals surface area contributed by atoms with E-state index >= 15 is 0 Å². The van der Waals surface area contributed by atoms with Crippen LogP contribution in [0, 0.1) is 25.2 Å². The number of fused-ring (bicyclic) bond motifs is 4. The number of nitrogens with one attached hydrogen (secondary N) is 1. The molecule has 47 heavy (non-hydrogen) atoms. The van der Waals surface area contributed by atoms with E-state index in [-0.39, 0.29) is 46.7 Å². The number of anilines is 1. The van der Waals surface area contributed by atoms with Crippen molar-refractivity contribution in [1.82, 2.24) is 19.8 Å². The lowest BCUT2D eigenvalue weighted by Crippen LogP contribution is -2.64. The number of likely N-dealkylation sites (N-methyl/N-ethyl adjacent to an activating group) is 1. The number of amides is 1. The van der Waals surface area contributed by atoms with Crippen molar-refractivity contribution < 1.29 is 22.7 Å². The quantitative estimate of drug-likeness (QED) is 0.327. The Labute approximate surface area is 278 Å². The zero-order valence-electron chi connectivity index (χ0n) is 28.3. The summed E-state index contributed by atoms with van der Waals surface area (Å²) >= 11 is 0. The molecule has 1 amide bonds. The summed E-state index contributed by atoms with van der Waals surface area (Å²) in [4.78, 5) is 28.0. The molecule has 2 heterocycles. The average Bonchev–Trinajstić information content (AvgIpc) is 2.97. The minimum atomic E-state index is -4.11. The van der Waals surface area contributed by atoms with E-state index in [1.54, 1.807) is 25.3 Å². The maximum absolute atomic E-state index is 14.5. The van der Waals surface area contributed by atoms with Crippen molar-refractivity contribution in [3.05, 3.63) is 65.2 Å². The lowest BCUT2D eigenvalue weighted by Gasteiger charge is -2.62. The van der Waals surface area contributed by atoms with Gasteiger partial charge in [-0.25, -0.2) is 18.1 Å². The number of rotatable bonds is 8. The Kier molecular flexibility index (Phi) is 9.34. The number of nitrogens with zero attached hydrogens (tertiary/aromatic N) is 4. The summed E-state index contributed by atoms with van der Waals surface area (Å²) < 4.78 is 41.6. The Bertz CT molecular complexity index is 1710. The van der Waals surface area contributed by atoms with Crippen LogP contribution in [-0.4, -0.2) is 86.1 Å². The molecule has 4 bridgehead atoms. The summed E-state index contributed by atoms with van der Waals surface area (Å²) in [6.45, 7) is 10.1. The van der Waals surface area contributed by atoms with Gasteiger partial charge >= 0.3 is 0 Å². The lowest BCUT2D eigenvalue weighted by molar-refractivity contribution is -0.103. The molecule has 1 spiro atoms. The molecule has 3 aliphatic rings. The molecule has 6 rings (SSSR count). The second-order valence-corrected chi connectivity index (χ2v) is 15.9. The molecule has 2 fully saturated rings. The minimum absolute atomic E-state index is 0.0162. The Balaban J connectivity index is 1.36. The number of ether oxygens (including phenoxy) is 2. The van der Waals surface area contributed by atoms with Gasteiger partial charge in [0, 0.05) is 42.9 Å². The molecule has 2 saturated carbocycles. The van der Waals surface area contributed by atoms with Crippen molar-refractivity contribution in [3.63, 3.8) is 0 Å². The summed E-state index contributed by atoms with van der Waals surface area (Å²) in [5.74, 6) is 0.306. The number of hydrogen-bond donors (Lipinski definition) is 1. The fourth-order valence-electron chi connectivity index (χ4n) is 7.77. The van der Waals surface area contributed by atoms with E-state index in [0.29, 0.717) is 29.8 Å². The number of methoxy groups -OCH3 is 1. The van der Waals surface area contributed by atoms with E-state index in [1.165, 1.54) is 12.1 Å². The molecule has 1 aromatic heterocycles. The van der Waals surface area contributed by atoms with Crippen molar-refractivity contribution in [2.45, 2.75) is 82.8 Å². The zero-order chi connectivity index (χ0) is 33.5. The molecule has 252 valence electrons. The highest BCUT2D eigenvalue weighted by Gasteiger charge is 2.56. The van der Waals surface area contributed by atoms with Crippen molar-refractivity contribution >= 4 is 21.9 Å². The molecular weight excluding hydrogens is 614 g/mol. The number of carbonyl (C=O) groups is 1. The first kappa shape index (κ1) is 33.4. The second-order valence-electron chi connectivity index (χ2n) is 14.2. The van der Waals surface area contributed by atoms with Gasteiger partial charge in [0.05, 0.1) is 23.2 Å². The predicted octanol–water partition coefficient (Wildman–Crippen LogP) is 5.70. The SMILES string of the molecule is COCCN(C)[C@H]1CC2(C1)C[C@H](N1C(=O)c3cccc(c3)S(=O)(=O)Nc3nc(cc(-c4c(C)cccc4C)n3)OC[C@H]1CC(C)C)C2. The third-order valence-corrected chi connectivity index (χ3v) is 11.5. The molecule has 0 unspecified atom stereocenters. The van der Waals surface area contributed by atoms with E-state index in [4.69, 9.17) is 9.47 Å². The zero-order valence-corrected chi connectivity index (χ0v) is 29.1. The molecular formula is C36H47N5O5S. The first-order valence-corrected chi connectivity index (χ1v) is 18.1. The maximum Gasteiger partial charge on any atom is 0.264 e. The van der Waals surface area contributed by atoms with Gasteiger partial charge in [0.15, 0.2) is 0 Å². The standard InChI is InChI=1S/C36H47N5O5S/c1-23(2)15-27-22-46-32-17-31(33-24(3)9-7-10-25(33)4)37-35(38-32)39-47(43,44)30-12-8-11-26(16-30)34(42)41(27)29-20-36(21-29)18-28(19-36)40(5)13-14-45-6/h7-12,16-17,23,27-29H,13-15,18-22H2,1-6H3,(H,37,38,39)/t27-,28-,29-,36?/m1/s1. The Morgan fingerprint density at radius 2 is 1.77 bits per heavy atom. The van der Waals surface area contributed by atoms with Gasteiger partial charge in [-0.15, -0.1) is 0 Å². The summed E-state index contributed by atoms with van der Waals surface area (Å²) in [5, 5.41) is 0. The van der Waals surface area contributed by atoms with Gasteiger partial charge in [-0.05, 0) is 93.7 Å². The molecule has 11 heteroatoms. The fraction of sp³-hybridized carbons (Fsp3) is 0.528. The minimum Gasteiger partial charge on any atom is -0.475 e. The first-order valence-electron chi connectivity index (χ1n) is 16.6. The molecule has 2 aliphatic carbocycles. The highest BCUT2D eigenvalue weighted by molar-refractivity contribution is 7.92. The largest absolute Gasteiger partial charge is 0.475 e. The van der Waals surface area contributed by atoms with Crippen LogP contribution < -0.4 is 9.46 Å². The average molecular weight is 662 g/mol. The van der Waals surface area contributed by atoms with Crippen LogP contribution in [0.1, 0.15) is 67.4 Å². The predicted molar refractivity (Wildman–Crippen MR) is 182 cm³/mol. The molecule has 1 atom stereocenters. The molecule has 2 aromatic carbocycles. The van der Waals surface area contributed by atoms with E-state index < -0.39 is 10.0 Å². The number of hydrogen-bond acceptors (Lipinski definition) is 8. The van der Waals surface area contributed by atoms with Crippen LogP contribution in [0.2, 0.25) is 0 Å².